The van der Waals surface area contributed by atoms with Gasteiger partial charge in [-0.3, -0.25) is 15.0 Å². The lowest BCUT2D eigenvalue weighted by atomic mass is 9.93. The number of hydrazine groups is 1. The Morgan fingerprint density at radius 1 is 1.27 bits per heavy atom. The molecule has 158 valence electrons. The van der Waals surface area contributed by atoms with Gasteiger partial charge in [0.05, 0.1) is 5.75 Å². The molecule has 1 saturated heterocycles. The summed E-state index contributed by atoms with van der Waals surface area (Å²) in [4.78, 5) is 37.5. The monoisotopic (exact) mass is 428 g/mol. The molecule has 2 aromatic rings. The van der Waals surface area contributed by atoms with Crippen molar-refractivity contribution in [3.8, 4) is 0 Å². The molecule has 2 N–H and O–H groups in total. The van der Waals surface area contributed by atoms with Crippen LogP contribution < -0.4 is 10.7 Å². The van der Waals surface area contributed by atoms with Gasteiger partial charge in [-0.25, -0.2) is 4.79 Å². The molecular weight excluding hydrogens is 404 g/mol. The van der Waals surface area contributed by atoms with Gasteiger partial charge in [0, 0.05) is 13.0 Å². The lowest BCUT2D eigenvalue weighted by Crippen LogP contribution is -2.49. The molecule has 4 rings (SSSR count). The van der Waals surface area contributed by atoms with Crippen LogP contribution in [0.4, 0.5) is 4.79 Å². The summed E-state index contributed by atoms with van der Waals surface area (Å²) in [6.07, 6.45) is 3.31. The van der Waals surface area contributed by atoms with E-state index in [1.54, 1.807) is 6.92 Å². The van der Waals surface area contributed by atoms with E-state index in [-0.39, 0.29) is 5.75 Å². The highest BCUT2D eigenvalue weighted by molar-refractivity contribution is 7.99. The van der Waals surface area contributed by atoms with Crippen molar-refractivity contribution in [3.63, 3.8) is 0 Å². The van der Waals surface area contributed by atoms with Crippen LogP contribution in [0.15, 0.2) is 35.5 Å². The van der Waals surface area contributed by atoms with Crippen LogP contribution >= 0.6 is 11.8 Å². The zero-order valence-corrected chi connectivity index (χ0v) is 17.7. The van der Waals surface area contributed by atoms with Crippen molar-refractivity contribution in [2.75, 3.05) is 5.75 Å². The number of aromatic nitrogens is 3. The number of imide groups is 1. The fourth-order valence-electron chi connectivity index (χ4n) is 3.43. The minimum Gasteiger partial charge on any atom is -0.322 e. The van der Waals surface area contributed by atoms with Gasteiger partial charge in [-0.2, -0.15) is 5.01 Å². The van der Waals surface area contributed by atoms with Crippen LogP contribution in [0.25, 0.3) is 0 Å². The summed E-state index contributed by atoms with van der Waals surface area (Å²) in [5.74, 6) is 0.503. The molecule has 30 heavy (non-hydrogen) atoms. The summed E-state index contributed by atoms with van der Waals surface area (Å²) >= 11 is 1.22. The average Bonchev–Trinajstić information content (AvgIpc) is 3.47. The topological polar surface area (TPSA) is 109 Å². The Kier molecular flexibility index (Phi) is 5.50. The summed E-state index contributed by atoms with van der Waals surface area (Å²) in [5, 5.41) is 12.4. The molecule has 0 unspecified atom stereocenters. The smallest absolute Gasteiger partial charge is 0.322 e. The van der Waals surface area contributed by atoms with Gasteiger partial charge in [-0.1, -0.05) is 42.1 Å². The Labute approximate surface area is 178 Å². The van der Waals surface area contributed by atoms with Crippen molar-refractivity contribution < 1.29 is 14.4 Å². The molecule has 10 heteroatoms. The highest BCUT2D eigenvalue weighted by Gasteiger charge is 2.48. The Morgan fingerprint density at radius 2 is 2.00 bits per heavy atom. The number of hydrogen-bond acceptors (Lipinski definition) is 6. The lowest BCUT2D eigenvalue weighted by molar-refractivity contribution is -0.138. The van der Waals surface area contributed by atoms with E-state index in [2.05, 4.69) is 20.9 Å². The molecule has 1 saturated carbocycles. The van der Waals surface area contributed by atoms with E-state index < -0.39 is 23.4 Å². The molecule has 1 aliphatic heterocycles. The summed E-state index contributed by atoms with van der Waals surface area (Å²) in [7, 11) is 1.88. The highest BCUT2D eigenvalue weighted by Crippen LogP contribution is 2.39. The van der Waals surface area contributed by atoms with Crippen LogP contribution in [-0.2, 0) is 23.1 Å². The van der Waals surface area contributed by atoms with Gasteiger partial charge in [0.25, 0.3) is 5.91 Å². The number of hydrogen-bond donors (Lipinski definition) is 2. The van der Waals surface area contributed by atoms with E-state index in [9.17, 15) is 14.4 Å². The van der Waals surface area contributed by atoms with Gasteiger partial charge in [-0.05, 0) is 38.2 Å². The number of nitrogens with zero attached hydrogens (tertiary/aromatic N) is 4. The van der Waals surface area contributed by atoms with Crippen molar-refractivity contribution in [1.82, 2.24) is 30.5 Å². The number of benzene rings is 1. The quantitative estimate of drug-likeness (QED) is 0.490. The third-order valence-corrected chi connectivity index (χ3v) is 6.42. The van der Waals surface area contributed by atoms with E-state index in [1.807, 2.05) is 41.9 Å². The van der Waals surface area contributed by atoms with Crippen LogP contribution in [-0.4, -0.2) is 48.9 Å². The summed E-state index contributed by atoms with van der Waals surface area (Å²) in [6, 6.07) is 9.12. The van der Waals surface area contributed by atoms with Crippen molar-refractivity contribution in [2.24, 2.45) is 7.05 Å². The van der Waals surface area contributed by atoms with Crippen LogP contribution in [0.5, 0.6) is 0 Å². The number of aryl methyl sites for hydroxylation is 1. The molecule has 0 bridgehead atoms. The average molecular weight is 429 g/mol. The molecule has 0 radical (unpaired) electrons. The van der Waals surface area contributed by atoms with Crippen LogP contribution in [0.3, 0.4) is 0 Å². The first-order valence-corrected chi connectivity index (χ1v) is 10.9. The molecule has 2 heterocycles. The van der Waals surface area contributed by atoms with E-state index in [0.29, 0.717) is 23.9 Å². The maximum Gasteiger partial charge on any atom is 0.344 e. The molecular formula is C20H24N6O3S. The van der Waals surface area contributed by atoms with Gasteiger partial charge >= 0.3 is 6.03 Å². The number of nitrogens with one attached hydrogen (secondary N) is 2. The number of rotatable bonds is 8. The highest BCUT2D eigenvalue weighted by atomic mass is 32.2. The molecule has 1 aliphatic carbocycles. The normalized spacial score (nSPS) is 21.1. The SMILES string of the molecule is Cn1c(SCC(=O)NN2C(=O)N[C@@](C)(CCc3ccccc3)C2=O)nnc1C1CC1. The van der Waals surface area contributed by atoms with Gasteiger partial charge in [-0.15, -0.1) is 10.2 Å². The van der Waals surface area contributed by atoms with E-state index in [0.717, 1.165) is 29.2 Å². The van der Waals surface area contributed by atoms with Crippen LogP contribution in [0, 0.1) is 0 Å². The van der Waals surface area contributed by atoms with Crippen molar-refractivity contribution in [3.05, 3.63) is 41.7 Å². The zero-order valence-electron chi connectivity index (χ0n) is 16.9. The van der Waals surface area contributed by atoms with Gasteiger partial charge in [0.1, 0.15) is 11.4 Å². The molecule has 1 aromatic heterocycles. The number of amides is 4. The number of thioether (sulfide) groups is 1. The van der Waals surface area contributed by atoms with Gasteiger partial charge in [0.2, 0.25) is 5.91 Å². The molecule has 2 fully saturated rings. The predicted molar refractivity (Wildman–Crippen MR) is 110 cm³/mol. The van der Waals surface area contributed by atoms with Crippen molar-refractivity contribution >= 4 is 29.6 Å². The molecule has 4 amide bonds. The Bertz CT molecular complexity index is 974. The van der Waals surface area contributed by atoms with Gasteiger partial charge < -0.3 is 9.88 Å². The minimum absolute atomic E-state index is 0.0223. The predicted octanol–water partition coefficient (Wildman–Crippen LogP) is 1.76. The van der Waals surface area contributed by atoms with Crippen LogP contribution in [0.2, 0.25) is 0 Å². The second-order valence-corrected chi connectivity index (χ2v) is 8.83. The molecule has 1 aromatic carbocycles. The summed E-state index contributed by atoms with van der Waals surface area (Å²) < 4.78 is 1.89. The molecule has 1 atom stereocenters. The number of urea groups is 1. The van der Waals surface area contributed by atoms with E-state index in [1.165, 1.54) is 11.8 Å². The largest absolute Gasteiger partial charge is 0.344 e. The molecule has 0 spiro atoms. The Hall–Kier alpha value is -2.88. The Morgan fingerprint density at radius 3 is 2.70 bits per heavy atom. The fraction of sp³-hybridized carbons (Fsp3) is 0.450. The maximum absolute atomic E-state index is 12.8. The van der Waals surface area contributed by atoms with E-state index >= 15 is 0 Å². The molecule has 9 nitrogen and oxygen atoms in total. The summed E-state index contributed by atoms with van der Waals surface area (Å²) in [5.41, 5.74) is 2.44. The first kappa shape index (κ1) is 20.4. The summed E-state index contributed by atoms with van der Waals surface area (Å²) in [6.45, 7) is 1.68. The zero-order chi connectivity index (χ0) is 21.3. The second kappa shape index (κ2) is 8.10. The third-order valence-electron chi connectivity index (χ3n) is 5.40. The number of carbonyl (C=O) groups excluding carboxylic acids is 3. The van der Waals surface area contributed by atoms with Crippen LogP contribution in [0.1, 0.15) is 43.5 Å². The molecule has 2 aliphatic rings. The van der Waals surface area contributed by atoms with Gasteiger partial charge in [0.15, 0.2) is 5.16 Å². The Balaban J connectivity index is 1.31. The number of carbonyl (C=O) groups is 3. The maximum atomic E-state index is 12.8. The van der Waals surface area contributed by atoms with Crippen molar-refractivity contribution in [2.45, 2.75) is 49.2 Å². The fourth-order valence-corrected chi connectivity index (χ4v) is 4.14. The lowest BCUT2D eigenvalue weighted by Gasteiger charge is -2.21. The third kappa shape index (κ3) is 4.18. The first-order chi connectivity index (χ1) is 14.4. The van der Waals surface area contributed by atoms with E-state index in [4.69, 9.17) is 0 Å². The minimum atomic E-state index is -1.06. The standard InChI is InChI=1S/C20H24N6O3S/c1-20(11-10-13-6-4-3-5-7-13)17(28)26(18(29)21-20)24-15(27)12-30-19-23-22-16(25(19)2)14-8-9-14/h3-7,14H,8-12H2,1-2H3,(H,21,29)(H,24,27)/t20-/m0/s1. The van der Waals surface area contributed by atoms with Crippen molar-refractivity contribution in [1.29, 1.82) is 0 Å². The second-order valence-electron chi connectivity index (χ2n) is 7.89. The first-order valence-electron chi connectivity index (χ1n) is 9.89.